The fourth-order valence-electron chi connectivity index (χ4n) is 2.94. The second-order valence-corrected chi connectivity index (χ2v) is 6.38. The monoisotopic (exact) mass is 351 g/mol. The minimum absolute atomic E-state index is 0.315. The van der Waals surface area contributed by atoms with Crippen LogP contribution in [0.5, 0.6) is 11.5 Å². The molecule has 1 aliphatic rings. The largest absolute Gasteiger partial charge is 0.497 e. The van der Waals surface area contributed by atoms with Crippen LogP contribution in [0.1, 0.15) is 30.0 Å². The van der Waals surface area contributed by atoms with Gasteiger partial charge in [0.2, 0.25) is 0 Å². The normalized spacial score (nSPS) is 13.6. The summed E-state index contributed by atoms with van der Waals surface area (Å²) in [7, 11) is 3.21. The van der Waals surface area contributed by atoms with Gasteiger partial charge in [0, 0.05) is 11.6 Å². The van der Waals surface area contributed by atoms with E-state index in [1.165, 1.54) is 18.5 Å². The topological polar surface area (TPSA) is 88.1 Å². The lowest BCUT2D eigenvalue weighted by molar-refractivity contribution is 0.413. The zero-order valence-electron chi connectivity index (χ0n) is 14.8. The molecular weight excluding hydrogens is 330 g/mol. The molecule has 0 saturated heterocycles. The number of ether oxygens (including phenoxy) is 2. The predicted molar refractivity (Wildman–Crippen MR) is 98.3 cm³/mol. The third kappa shape index (κ3) is 3.20. The van der Waals surface area contributed by atoms with Crippen molar-refractivity contribution < 1.29 is 9.47 Å². The van der Waals surface area contributed by atoms with E-state index >= 15 is 0 Å². The number of methoxy groups -OCH3 is 2. The zero-order chi connectivity index (χ0) is 18.1. The summed E-state index contributed by atoms with van der Waals surface area (Å²) in [5, 5.41) is 4.74. The molecule has 1 saturated carbocycles. The van der Waals surface area contributed by atoms with Crippen molar-refractivity contribution in [1.29, 1.82) is 0 Å². The van der Waals surface area contributed by atoms with Crippen molar-refractivity contribution in [3.63, 3.8) is 0 Å². The second kappa shape index (κ2) is 6.67. The number of aromatic nitrogens is 4. The van der Waals surface area contributed by atoms with E-state index < -0.39 is 0 Å². The SMILES string of the molecule is COc1ccc(Cn2nc(-c3ncc(OC)c(N)n3)cc2C2CC2)cc1. The quantitative estimate of drug-likeness (QED) is 0.735. The molecule has 26 heavy (non-hydrogen) atoms. The number of nitrogens with zero attached hydrogens (tertiary/aromatic N) is 4. The smallest absolute Gasteiger partial charge is 0.182 e. The zero-order valence-corrected chi connectivity index (χ0v) is 14.8. The molecule has 0 bridgehead atoms. The fraction of sp³-hybridized carbons (Fsp3) is 0.316. The lowest BCUT2D eigenvalue weighted by Crippen LogP contribution is -2.06. The van der Waals surface area contributed by atoms with Gasteiger partial charge in [-0.15, -0.1) is 0 Å². The van der Waals surface area contributed by atoms with Crippen LogP contribution in [0.15, 0.2) is 36.5 Å². The van der Waals surface area contributed by atoms with Crippen molar-refractivity contribution in [3.05, 3.63) is 47.8 Å². The van der Waals surface area contributed by atoms with Crippen molar-refractivity contribution in [1.82, 2.24) is 19.7 Å². The van der Waals surface area contributed by atoms with Gasteiger partial charge in [-0.05, 0) is 36.6 Å². The highest BCUT2D eigenvalue weighted by atomic mass is 16.5. The van der Waals surface area contributed by atoms with E-state index in [1.807, 2.05) is 16.8 Å². The van der Waals surface area contributed by atoms with Crippen LogP contribution in [0.3, 0.4) is 0 Å². The summed E-state index contributed by atoms with van der Waals surface area (Å²) in [4.78, 5) is 8.66. The van der Waals surface area contributed by atoms with Crippen molar-refractivity contribution in [2.75, 3.05) is 20.0 Å². The van der Waals surface area contributed by atoms with Crippen LogP contribution in [0.2, 0.25) is 0 Å². The van der Waals surface area contributed by atoms with Gasteiger partial charge in [-0.2, -0.15) is 5.10 Å². The Hall–Kier alpha value is -3.09. The van der Waals surface area contributed by atoms with E-state index in [1.54, 1.807) is 20.4 Å². The first-order valence-electron chi connectivity index (χ1n) is 8.55. The Morgan fingerprint density at radius 1 is 1.15 bits per heavy atom. The maximum Gasteiger partial charge on any atom is 0.182 e. The number of hydrogen-bond donors (Lipinski definition) is 1. The Morgan fingerprint density at radius 2 is 1.92 bits per heavy atom. The molecule has 0 unspecified atom stereocenters. The van der Waals surface area contributed by atoms with E-state index in [2.05, 4.69) is 28.2 Å². The van der Waals surface area contributed by atoms with Crippen molar-refractivity contribution in [2.45, 2.75) is 25.3 Å². The van der Waals surface area contributed by atoms with Crippen molar-refractivity contribution in [2.24, 2.45) is 0 Å². The number of rotatable bonds is 6. The van der Waals surface area contributed by atoms with Crippen LogP contribution in [-0.2, 0) is 6.54 Å². The molecule has 1 aromatic carbocycles. The van der Waals surface area contributed by atoms with Gasteiger partial charge in [-0.25, -0.2) is 9.97 Å². The summed E-state index contributed by atoms with van der Waals surface area (Å²) >= 11 is 0. The molecule has 3 aromatic rings. The van der Waals surface area contributed by atoms with Gasteiger partial charge in [0.25, 0.3) is 0 Å². The molecule has 0 atom stereocenters. The highest BCUT2D eigenvalue weighted by Crippen LogP contribution is 2.41. The van der Waals surface area contributed by atoms with Gasteiger partial charge >= 0.3 is 0 Å². The Labute approximate surface area is 151 Å². The van der Waals surface area contributed by atoms with Crippen LogP contribution < -0.4 is 15.2 Å². The molecule has 7 heteroatoms. The Kier molecular flexibility index (Phi) is 4.20. The Bertz CT molecular complexity index is 916. The third-order valence-corrected chi connectivity index (χ3v) is 4.53. The summed E-state index contributed by atoms with van der Waals surface area (Å²) in [5.41, 5.74) is 9.03. The van der Waals surface area contributed by atoms with E-state index in [0.717, 1.165) is 17.0 Å². The number of anilines is 1. The standard InChI is InChI=1S/C19H21N5O2/c1-25-14-7-3-12(4-8-14)11-24-16(13-5-6-13)9-15(23-24)19-21-10-17(26-2)18(20)22-19/h3-4,7-10,13H,5-6,11H2,1-2H3,(H2,20,21,22). The third-order valence-electron chi connectivity index (χ3n) is 4.53. The van der Waals surface area contributed by atoms with Gasteiger partial charge in [0.05, 0.1) is 27.0 Å². The molecular formula is C19H21N5O2. The van der Waals surface area contributed by atoms with Crippen LogP contribution in [0.4, 0.5) is 5.82 Å². The van der Waals surface area contributed by atoms with Gasteiger partial charge in [0.1, 0.15) is 11.4 Å². The minimum atomic E-state index is 0.315. The molecule has 2 aromatic heterocycles. The highest BCUT2D eigenvalue weighted by molar-refractivity contribution is 5.56. The first-order chi connectivity index (χ1) is 12.7. The average Bonchev–Trinajstić information content (AvgIpc) is 3.43. The van der Waals surface area contributed by atoms with Gasteiger partial charge in [-0.3, -0.25) is 4.68 Å². The molecule has 0 amide bonds. The lowest BCUT2D eigenvalue weighted by Gasteiger charge is -2.07. The molecule has 1 fully saturated rings. The van der Waals surface area contributed by atoms with E-state index in [9.17, 15) is 0 Å². The fourth-order valence-corrected chi connectivity index (χ4v) is 2.94. The van der Waals surface area contributed by atoms with Crippen LogP contribution in [0, 0.1) is 0 Å². The van der Waals surface area contributed by atoms with Crippen molar-refractivity contribution >= 4 is 5.82 Å². The molecule has 7 nitrogen and oxygen atoms in total. The number of nitrogen functional groups attached to an aromatic ring is 1. The first kappa shape index (κ1) is 16.4. The Balaban J connectivity index is 1.65. The van der Waals surface area contributed by atoms with Gasteiger partial charge in [-0.1, -0.05) is 12.1 Å². The van der Waals surface area contributed by atoms with Crippen LogP contribution in [0.25, 0.3) is 11.5 Å². The minimum Gasteiger partial charge on any atom is -0.497 e. The van der Waals surface area contributed by atoms with Crippen LogP contribution >= 0.6 is 0 Å². The average molecular weight is 351 g/mol. The molecule has 1 aliphatic carbocycles. The predicted octanol–water partition coefficient (Wildman–Crippen LogP) is 2.87. The first-order valence-corrected chi connectivity index (χ1v) is 8.55. The molecule has 4 rings (SSSR count). The molecule has 134 valence electrons. The molecule has 2 heterocycles. The van der Waals surface area contributed by atoms with Crippen LogP contribution in [-0.4, -0.2) is 34.0 Å². The second-order valence-electron chi connectivity index (χ2n) is 6.38. The number of nitrogens with two attached hydrogens (primary N) is 1. The Morgan fingerprint density at radius 3 is 2.54 bits per heavy atom. The van der Waals surface area contributed by atoms with Gasteiger partial charge in [0.15, 0.2) is 17.4 Å². The number of hydrogen-bond acceptors (Lipinski definition) is 6. The summed E-state index contributed by atoms with van der Waals surface area (Å²) in [6.45, 7) is 0.696. The summed E-state index contributed by atoms with van der Waals surface area (Å²) in [5.74, 6) is 2.70. The molecule has 0 aliphatic heterocycles. The highest BCUT2D eigenvalue weighted by Gasteiger charge is 2.29. The summed E-state index contributed by atoms with van der Waals surface area (Å²) in [6.07, 6.45) is 3.97. The lowest BCUT2D eigenvalue weighted by atomic mass is 10.2. The van der Waals surface area contributed by atoms with E-state index in [-0.39, 0.29) is 0 Å². The molecule has 2 N–H and O–H groups in total. The van der Waals surface area contributed by atoms with Gasteiger partial charge < -0.3 is 15.2 Å². The van der Waals surface area contributed by atoms with E-state index in [4.69, 9.17) is 20.3 Å². The van der Waals surface area contributed by atoms with E-state index in [0.29, 0.717) is 29.9 Å². The van der Waals surface area contributed by atoms with Crippen molar-refractivity contribution in [3.8, 4) is 23.0 Å². The molecule has 0 radical (unpaired) electrons. The number of benzene rings is 1. The molecule has 0 spiro atoms. The maximum absolute atomic E-state index is 5.91. The summed E-state index contributed by atoms with van der Waals surface area (Å²) in [6, 6.07) is 10.1. The maximum atomic E-state index is 5.91. The summed E-state index contributed by atoms with van der Waals surface area (Å²) < 4.78 is 12.4.